The van der Waals surface area contributed by atoms with Crippen LogP contribution in [0.3, 0.4) is 0 Å². The number of hydrogen-bond donors (Lipinski definition) is 4. The number of thiophene rings is 1. The van der Waals surface area contributed by atoms with E-state index >= 15 is 0 Å². The number of carbonyl (C=O) groups excluding carboxylic acids is 1. The number of hydrogen-bond acceptors (Lipinski definition) is 9. The van der Waals surface area contributed by atoms with E-state index in [-0.39, 0.29) is 43.2 Å². The summed E-state index contributed by atoms with van der Waals surface area (Å²) in [5.74, 6) is -5.42. The molecule has 310 valence electrons. The third-order valence-electron chi connectivity index (χ3n) is 9.15. The minimum Gasteiger partial charge on any atom is -0.479 e. The van der Waals surface area contributed by atoms with Gasteiger partial charge in [0.2, 0.25) is 5.91 Å². The van der Waals surface area contributed by atoms with Crippen molar-refractivity contribution in [3.63, 3.8) is 0 Å². The number of carboxylic acids is 2. The number of nitrogens with zero attached hydrogens (tertiary/aromatic N) is 4. The molecule has 2 atom stereocenters. The molecular weight excluding hydrogens is 792 g/mol. The zero-order valence-electron chi connectivity index (χ0n) is 31.3. The first-order valence-corrected chi connectivity index (χ1v) is 18.8. The molecule has 2 aromatic heterocycles. The van der Waals surface area contributed by atoms with Gasteiger partial charge in [-0.25, -0.2) is 18.4 Å². The van der Waals surface area contributed by atoms with Gasteiger partial charge in [0.25, 0.3) is 5.56 Å². The molecule has 2 unspecified atom stereocenters. The Morgan fingerprint density at radius 1 is 0.828 bits per heavy atom. The van der Waals surface area contributed by atoms with Gasteiger partial charge in [-0.05, 0) is 73.1 Å². The smallest absolute Gasteiger partial charge is 0.416 e. The van der Waals surface area contributed by atoms with Crippen LogP contribution in [-0.4, -0.2) is 96.0 Å². The molecule has 0 radical (unpaired) electrons. The zero-order chi connectivity index (χ0) is 42.7. The number of benzene rings is 3. The van der Waals surface area contributed by atoms with Crippen molar-refractivity contribution in [3.8, 4) is 10.4 Å². The predicted octanol–water partition coefficient (Wildman–Crippen LogP) is 5.46. The van der Waals surface area contributed by atoms with Gasteiger partial charge in [0.05, 0.1) is 23.0 Å². The largest absolute Gasteiger partial charge is 0.479 e. The molecule has 0 saturated heterocycles. The van der Waals surface area contributed by atoms with Crippen molar-refractivity contribution < 1.29 is 56.8 Å². The maximum atomic E-state index is 14.5. The second-order valence-electron chi connectivity index (χ2n) is 12.9. The first-order valence-electron chi connectivity index (χ1n) is 17.9. The average molecular weight is 833 g/mol. The van der Waals surface area contributed by atoms with Gasteiger partial charge in [-0.15, -0.1) is 11.3 Å². The maximum Gasteiger partial charge on any atom is 0.416 e. The molecule has 0 spiro atoms. The van der Waals surface area contributed by atoms with Gasteiger partial charge in [-0.1, -0.05) is 50.2 Å². The fourth-order valence-corrected chi connectivity index (χ4v) is 6.88. The number of halogens is 5. The lowest BCUT2D eigenvalue weighted by Gasteiger charge is -2.27. The Hall–Kier alpha value is -5.56. The van der Waals surface area contributed by atoms with Crippen LogP contribution in [0.4, 0.5) is 22.0 Å². The van der Waals surface area contributed by atoms with Crippen LogP contribution < -0.4 is 5.56 Å². The summed E-state index contributed by atoms with van der Waals surface area (Å²) in [7, 11) is 0. The summed E-state index contributed by atoms with van der Waals surface area (Å²) in [5, 5.41) is 32.9. The van der Waals surface area contributed by atoms with Crippen LogP contribution in [0.1, 0.15) is 35.7 Å². The Bertz CT molecular complexity index is 2240. The van der Waals surface area contributed by atoms with Crippen molar-refractivity contribution >= 4 is 40.1 Å². The number of rotatable bonds is 16. The number of aliphatic carboxylic acids is 2. The average Bonchev–Trinajstić information content (AvgIpc) is 3.67. The lowest BCUT2D eigenvalue weighted by atomic mass is 10.1. The van der Waals surface area contributed by atoms with Crippen LogP contribution >= 0.6 is 11.3 Å². The summed E-state index contributed by atoms with van der Waals surface area (Å²) in [4.78, 5) is 56.5. The van der Waals surface area contributed by atoms with E-state index in [2.05, 4.69) is 9.88 Å². The van der Waals surface area contributed by atoms with Crippen molar-refractivity contribution in [1.29, 1.82) is 0 Å². The highest BCUT2D eigenvalue weighted by molar-refractivity contribution is 7.15. The molecule has 0 fully saturated rings. The van der Waals surface area contributed by atoms with E-state index < -0.39 is 53.1 Å². The Kier molecular flexibility index (Phi) is 15.7. The molecular formula is C40H41F5N4O8S. The Morgan fingerprint density at radius 2 is 1.47 bits per heavy atom. The van der Waals surface area contributed by atoms with Gasteiger partial charge in [0.1, 0.15) is 12.4 Å². The van der Waals surface area contributed by atoms with E-state index in [4.69, 9.17) is 20.4 Å². The van der Waals surface area contributed by atoms with Crippen LogP contribution in [0, 0.1) is 11.6 Å². The van der Waals surface area contributed by atoms with Crippen LogP contribution in [0.5, 0.6) is 0 Å². The quantitative estimate of drug-likeness (QED) is 0.0937. The van der Waals surface area contributed by atoms with Crippen molar-refractivity contribution in [1.82, 2.24) is 19.4 Å². The van der Waals surface area contributed by atoms with Gasteiger partial charge in [0, 0.05) is 29.3 Å². The van der Waals surface area contributed by atoms with Gasteiger partial charge in [-0.2, -0.15) is 18.2 Å². The fourth-order valence-electron chi connectivity index (χ4n) is 5.85. The van der Waals surface area contributed by atoms with E-state index in [9.17, 15) is 41.1 Å². The Labute approximate surface area is 333 Å². The lowest BCUT2D eigenvalue weighted by molar-refractivity contribution is -0.165. The third kappa shape index (κ3) is 11.7. The molecule has 0 aliphatic rings. The van der Waals surface area contributed by atoms with Crippen molar-refractivity contribution in [3.05, 3.63) is 123 Å². The number of aromatic nitrogens is 2. The number of amides is 1. The molecule has 0 aliphatic heterocycles. The minimum absolute atomic E-state index is 0.0656. The second-order valence-corrected chi connectivity index (χ2v) is 14.1. The number of carboxylic acid groups (broad SMARTS) is 2. The standard InChI is InChI=1S/C36H35F5N4O2S.C4H6O6/c1-3-43(4-2)20-21-44(22-27-17-18-31(48-27)24-12-15-26(16-13-24)36(39,40)41)33(46)23-45-30-11-6-5-9-28(30)35(47)42-32(45)19-14-25-8-7-10-29(37)34(25)38;5-1(3(7)8)2(6)4(9)10/h5-13,15-18H,3-4,14,19-23H2,1-2H3;1-2,5-6H,(H,7,8)(H,9,10). The first kappa shape index (κ1) is 45.1. The highest BCUT2D eigenvalue weighted by Gasteiger charge is 2.30. The van der Waals surface area contributed by atoms with Crippen LogP contribution in [0.15, 0.2) is 83.7 Å². The fraction of sp³-hybridized carbons (Fsp3) is 0.325. The summed E-state index contributed by atoms with van der Waals surface area (Å²) in [5.41, 5.74) is 0.0889. The van der Waals surface area contributed by atoms with Crippen LogP contribution in [0.2, 0.25) is 0 Å². The molecule has 1 amide bonds. The number of carbonyl (C=O) groups is 3. The summed E-state index contributed by atoms with van der Waals surface area (Å²) in [6.45, 7) is 6.81. The first-order chi connectivity index (χ1) is 27.4. The molecule has 2 heterocycles. The Balaban J connectivity index is 0.000000657. The number of aliphatic hydroxyl groups excluding tert-OH is 2. The second kappa shape index (κ2) is 20.2. The number of para-hydroxylation sites is 1. The molecule has 18 heteroatoms. The minimum atomic E-state index is -4.42. The topological polar surface area (TPSA) is 174 Å². The monoisotopic (exact) mass is 832 g/mol. The zero-order valence-corrected chi connectivity index (χ0v) is 32.1. The lowest BCUT2D eigenvalue weighted by Crippen LogP contribution is -2.40. The SMILES string of the molecule is CCN(CC)CCN(Cc1ccc(-c2ccc(C(F)(F)F)cc2)s1)C(=O)Cn1c(CCc2cccc(F)c2F)nc(=O)c2ccccc21.O=C(O)C(O)C(O)C(=O)O. The molecule has 0 bridgehead atoms. The molecule has 5 rings (SSSR count). The van der Waals surface area contributed by atoms with Gasteiger partial charge < -0.3 is 34.8 Å². The van der Waals surface area contributed by atoms with Gasteiger partial charge >= 0.3 is 18.1 Å². The highest BCUT2D eigenvalue weighted by atomic mass is 32.1. The predicted molar refractivity (Wildman–Crippen MR) is 205 cm³/mol. The molecule has 3 aromatic carbocycles. The highest BCUT2D eigenvalue weighted by Crippen LogP contribution is 2.33. The van der Waals surface area contributed by atoms with Gasteiger partial charge in [0.15, 0.2) is 23.8 Å². The normalized spacial score (nSPS) is 12.5. The molecule has 0 saturated carbocycles. The molecule has 5 aromatic rings. The van der Waals surface area contributed by atoms with E-state index in [1.165, 1.54) is 35.6 Å². The Morgan fingerprint density at radius 3 is 2.07 bits per heavy atom. The number of fused-ring (bicyclic) bond motifs is 1. The summed E-state index contributed by atoms with van der Waals surface area (Å²) in [6.07, 6.45) is -8.80. The molecule has 58 heavy (non-hydrogen) atoms. The van der Waals surface area contributed by atoms with Crippen LogP contribution in [-0.2, 0) is 46.5 Å². The van der Waals surface area contributed by atoms with Crippen molar-refractivity contribution in [2.45, 2.75) is 58.2 Å². The van der Waals surface area contributed by atoms with Crippen LogP contribution in [0.25, 0.3) is 21.3 Å². The molecule has 12 nitrogen and oxygen atoms in total. The van der Waals surface area contributed by atoms with Gasteiger partial charge in [-0.3, -0.25) is 9.59 Å². The van der Waals surface area contributed by atoms with Crippen molar-refractivity contribution in [2.75, 3.05) is 26.2 Å². The number of aliphatic hydroxyl groups is 2. The van der Waals surface area contributed by atoms with E-state index in [0.717, 1.165) is 41.0 Å². The third-order valence-corrected chi connectivity index (χ3v) is 10.3. The number of aryl methyl sites for hydroxylation is 2. The summed E-state index contributed by atoms with van der Waals surface area (Å²) in [6, 6.07) is 19.4. The maximum absolute atomic E-state index is 14.5. The van der Waals surface area contributed by atoms with E-state index in [0.29, 0.717) is 29.6 Å². The number of likely N-dealkylation sites (N-methyl/N-ethyl adjacent to an activating group) is 1. The molecule has 4 N–H and O–H groups in total. The summed E-state index contributed by atoms with van der Waals surface area (Å²) >= 11 is 1.40. The number of alkyl halides is 3. The molecule has 0 aliphatic carbocycles. The summed E-state index contributed by atoms with van der Waals surface area (Å²) < 4.78 is 69.3. The van der Waals surface area contributed by atoms with E-state index in [1.54, 1.807) is 33.7 Å². The van der Waals surface area contributed by atoms with Crippen molar-refractivity contribution in [2.24, 2.45) is 0 Å². The van der Waals surface area contributed by atoms with E-state index in [1.807, 2.05) is 26.0 Å².